The standard InChI is InChI=1S/C17H33N3O.C8H7F3O.C2H6/c1-5-13(2)14(3)10-17(18-4)20-8-6-15(7-9-20)21-16-11-19-12-16;1-6-2-4-7(5-3-6)12-8(9,10)11;1-2/h10,13,15-19H,5-9,11-12H2,1-4H3;2-5H,1H3;1-2H3/b14-10-;;. The monoisotopic (exact) mass is 501 g/mol. The Morgan fingerprint density at radius 3 is 2.14 bits per heavy atom. The van der Waals surface area contributed by atoms with Gasteiger partial charge in [0, 0.05) is 26.2 Å². The van der Waals surface area contributed by atoms with E-state index in [2.05, 4.69) is 54.2 Å². The van der Waals surface area contributed by atoms with Crippen LogP contribution in [-0.4, -0.2) is 62.9 Å². The van der Waals surface area contributed by atoms with Crippen LogP contribution in [0.4, 0.5) is 13.2 Å². The Hall–Kier alpha value is -1.61. The molecule has 0 aromatic heterocycles. The predicted molar refractivity (Wildman–Crippen MR) is 138 cm³/mol. The molecule has 2 fully saturated rings. The van der Waals surface area contributed by atoms with Crippen molar-refractivity contribution in [1.82, 2.24) is 15.5 Å². The van der Waals surface area contributed by atoms with E-state index in [0.29, 0.717) is 24.3 Å². The van der Waals surface area contributed by atoms with Gasteiger partial charge in [0.15, 0.2) is 0 Å². The number of alkyl halides is 3. The molecule has 2 heterocycles. The third kappa shape index (κ3) is 12.3. The van der Waals surface area contributed by atoms with Crippen LogP contribution >= 0.6 is 0 Å². The number of hydrogen-bond donors (Lipinski definition) is 2. The molecule has 3 rings (SSSR count). The minimum absolute atomic E-state index is 0.187. The molecule has 0 saturated carbocycles. The van der Waals surface area contributed by atoms with Crippen LogP contribution in [0.1, 0.15) is 59.4 Å². The molecule has 35 heavy (non-hydrogen) atoms. The van der Waals surface area contributed by atoms with Crippen LogP contribution in [0.2, 0.25) is 0 Å². The quantitative estimate of drug-likeness (QED) is 0.435. The summed E-state index contributed by atoms with van der Waals surface area (Å²) in [5.74, 6) is 0.487. The van der Waals surface area contributed by atoms with Gasteiger partial charge in [-0.1, -0.05) is 57.0 Å². The summed E-state index contributed by atoms with van der Waals surface area (Å²) in [4.78, 5) is 2.55. The van der Waals surface area contributed by atoms with Gasteiger partial charge in [0.05, 0.1) is 18.4 Å². The van der Waals surface area contributed by atoms with Crippen molar-refractivity contribution in [2.45, 2.75) is 85.5 Å². The molecule has 0 radical (unpaired) electrons. The van der Waals surface area contributed by atoms with Gasteiger partial charge in [-0.2, -0.15) is 0 Å². The van der Waals surface area contributed by atoms with E-state index in [9.17, 15) is 13.2 Å². The average Bonchev–Trinajstić information content (AvgIpc) is 2.82. The highest BCUT2D eigenvalue weighted by atomic mass is 19.4. The van der Waals surface area contributed by atoms with Crippen LogP contribution < -0.4 is 15.4 Å². The molecular weight excluding hydrogens is 455 g/mol. The van der Waals surface area contributed by atoms with Gasteiger partial charge in [0.2, 0.25) is 0 Å². The Kier molecular flexibility index (Phi) is 14.5. The Morgan fingerprint density at radius 2 is 1.71 bits per heavy atom. The first kappa shape index (κ1) is 31.4. The summed E-state index contributed by atoms with van der Waals surface area (Å²) in [6.07, 6.45) is 2.63. The molecule has 0 bridgehead atoms. The van der Waals surface area contributed by atoms with Crippen LogP contribution in [0.3, 0.4) is 0 Å². The Bertz CT molecular complexity index is 713. The third-order valence-corrected chi connectivity index (χ3v) is 6.36. The molecule has 1 aromatic carbocycles. The molecule has 2 aliphatic rings. The molecule has 2 aliphatic heterocycles. The van der Waals surface area contributed by atoms with Crippen LogP contribution in [0.15, 0.2) is 35.9 Å². The number of nitrogens with zero attached hydrogens (tertiary/aromatic N) is 1. The molecule has 2 saturated heterocycles. The summed E-state index contributed by atoms with van der Waals surface area (Å²) in [5.41, 5.74) is 2.39. The molecular formula is C27H46F3N3O2. The Labute approximate surface area is 210 Å². The van der Waals surface area contributed by atoms with Crippen molar-refractivity contribution in [2.24, 2.45) is 5.92 Å². The summed E-state index contributed by atoms with van der Waals surface area (Å²) in [6.45, 7) is 16.9. The molecule has 8 heteroatoms. The SMILES string of the molecule is CC.CCC(C)/C(C)=C\C(NC)N1CCC(OC2CNC2)CC1.Cc1ccc(OC(F)(F)F)cc1. The number of rotatable bonds is 8. The van der Waals surface area contributed by atoms with Crippen molar-refractivity contribution in [3.8, 4) is 5.75 Å². The molecule has 202 valence electrons. The van der Waals surface area contributed by atoms with Crippen LogP contribution in [0.5, 0.6) is 5.75 Å². The van der Waals surface area contributed by atoms with E-state index >= 15 is 0 Å². The van der Waals surface area contributed by atoms with Crippen molar-refractivity contribution in [1.29, 1.82) is 0 Å². The maximum atomic E-state index is 11.6. The second-order valence-electron chi connectivity index (χ2n) is 8.97. The lowest BCUT2D eigenvalue weighted by Gasteiger charge is -2.39. The molecule has 0 spiro atoms. The Balaban J connectivity index is 0.000000372. The fourth-order valence-electron chi connectivity index (χ4n) is 3.77. The van der Waals surface area contributed by atoms with Gasteiger partial charge in [0.1, 0.15) is 5.75 Å². The normalized spacial score (nSPS) is 19.4. The summed E-state index contributed by atoms with van der Waals surface area (Å²) in [5, 5.41) is 6.73. The second kappa shape index (κ2) is 16.2. The molecule has 5 nitrogen and oxygen atoms in total. The zero-order valence-electron chi connectivity index (χ0n) is 22.5. The number of benzene rings is 1. The van der Waals surface area contributed by atoms with Crippen molar-refractivity contribution >= 4 is 0 Å². The minimum atomic E-state index is -4.60. The van der Waals surface area contributed by atoms with E-state index in [4.69, 9.17) is 4.74 Å². The lowest BCUT2D eigenvalue weighted by Crippen LogP contribution is -2.53. The first-order valence-corrected chi connectivity index (χ1v) is 12.9. The number of piperidine rings is 1. The number of likely N-dealkylation sites (tertiary alicyclic amines) is 1. The van der Waals surface area contributed by atoms with Gasteiger partial charge < -0.3 is 20.1 Å². The van der Waals surface area contributed by atoms with Gasteiger partial charge in [-0.15, -0.1) is 13.2 Å². The molecule has 2 atom stereocenters. The maximum Gasteiger partial charge on any atom is 0.573 e. The van der Waals surface area contributed by atoms with E-state index in [1.165, 1.54) is 24.1 Å². The number of hydrogen-bond acceptors (Lipinski definition) is 5. The third-order valence-electron chi connectivity index (χ3n) is 6.36. The highest BCUT2D eigenvalue weighted by Gasteiger charge is 2.31. The van der Waals surface area contributed by atoms with E-state index in [1.54, 1.807) is 19.1 Å². The number of likely N-dealkylation sites (N-methyl/N-ethyl adjacent to an activating group) is 1. The van der Waals surface area contributed by atoms with Gasteiger partial charge in [-0.3, -0.25) is 4.90 Å². The lowest BCUT2D eigenvalue weighted by atomic mass is 9.98. The number of ether oxygens (including phenoxy) is 2. The largest absolute Gasteiger partial charge is 0.573 e. The number of halogens is 3. The first-order chi connectivity index (χ1) is 16.6. The number of nitrogens with one attached hydrogen (secondary N) is 2. The Morgan fingerprint density at radius 1 is 1.14 bits per heavy atom. The molecule has 1 aromatic rings. The number of allylic oxidation sites excluding steroid dienone is 1. The second-order valence-corrected chi connectivity index (χ2v) is 8.97. The van der Waals surface area contributed by atoms with E-state index in [1.807, 2.05) is 13.8 Å². The molecule has 0 aliphatic carbocycles. The molecule has 2 unspecified atom stereocenters. The summed E-state index contributed by atoms with van der Waals surface area (Å²) < 4.78 is 44.6. The van der Waals surface area contributed by atoms with Gasteiger partial charge >= 0.3 is 6.36 Å². The highest BCUT2D eigenvalue weighted by Crippen LogP contribution is 2.23. The summed E-state index contributed by atoms with van der Waals surface area (Å²) in [6, 6.07) is 5.67. The zero-order chi connectivity index (χ0) is 26.4. The predicted octanol–water partition coefficient (Wildman–Crippen LogP) is 5.90. The highest BCUT2D eigenvalue weighted by molar-refractivity contribution is 5.26. The van der Waals surface area contributed by atoms with Crippen LogP contribution in [-0.2, 0) is 4.74 Å². The number of aryl methyl sites for hydroxylation is 1. The minimum Gasteiger partial charge on any atom is -0.406 e. The summed E-state index contributed by atoms with van der Waals surface area (Å²) in [7, 11) is 2.06. The van der Waals surface area contributed by atoms with Crippen LogP contribution in [0, 0.1) is 12.8 Å². The molecule has 0 amide bonds. The fraction of sp³-hybridized carbons (Fsp3) is 0.704. The summed E-state index contributed by atoms with van der Waals surface area (Å²) >= 11 is 0. The fourth-order valence-corrected chi connectivity index (χ4v) is 3.77. The van der Waals surface area contributed by atoms with Crippen molar-refractivity contribution in [3.05, 3.63) is 41.5 Å². The van der Waals surface area contributed by atoms with Gasteiger partial charge in [-0.25, -0.2) is 0 Å². The van der Waals surface area contributed by atoms with Crippen molar-refractivity contribution in [3.63, 3.8) is 0 Å². The van der Waals surface area contributed by atoms with E-state index in [0.717, 1.165) is 44.6 Å². The van der Waals surface area contributed by atoms with Crippen LogP contribution in [0.25, 0.3) is 0 Å². The topological polar surface area (TPSA) is 45.8 Å². The van der Waals surface area contributed by atoms with Gasteiger partial charge in [-0.05, 0) is 58.2 Å². The average molecular weight is 502 g/mol. The van der Waals surface area contributed by atoms with Gasteiger partial charge in [0.25, 0.3) is 0 Å². The maximum absolute atomic E-state index is 11.6. The first-order valence-electron chi connectivity index (χ1n) is 12.9. The van der Waals surface area contributed by atoms with Crippen molar-refractivity contribution < 1.29 is 22.6 Å². The smallest absolute Gasteiger partial charge is 0.406 e. The zero-order valence-corrected chi connectivity index (χ0v) is 22.5. The molecule has 2 N–H and O–H groups in total. The van der Waals surface area contributed by atoms with E-state index in [-0.39, 0.29) is 5.75 Å². The lowest BCUT2D eigenvalue weighted by molar-refractivity contribution is -0.274. The van der Waals surface area contributed by atoms with E-state index < -0.39 is 6.36 Å². The van der Waals surface area contributed by atoms with Crippen molar-refractivity contribution in [2.75, 3.05) is 33.2 Å².